The number of esters is 1. The molecule has 0 unspecified atom stereocenters. The standard InChI is InChI=1S/C17H13BrF2O4/c1-22-15-10-11(2-8-14(15)24-17(19)20)3-9-16(21)23-13-6-4-12(18)5-7-13/h2-10,17H,1H3/b9-3+. The quantitative estimate of drug-likeness (QED) is 0.402. The van der Waals surface area contributed by atoms with Crippen molar-refractivity contribution in [3.05, 3.63) is 58.6 Å². The van der Waals surface area contributed by atoms with Gasteiger partial charge in [-0.25, -0.2) is 4.79 Å². The second-order valence-electron chi connectivity index (χ2n) is 4.50. The predicted molar refractivity (Wildman–Crippen MR) is 88.4 cm³/mol. The minimum absolute atomic E-state index is 0.0814. The molecule has 0 aliphatic rings. The zero-order chi connectivity index (χ0) is 17.5. The van der Waals surface area contributed by atoms with Crippen molar-refractivity contribution in [1.82, 2.24) is 0 Å². The molecule has 4 nitrogen and oxygen atoms in total. The van der Waals surface area contributed by atoms with Crippen molar-refractivity contribution in [2.24, 2.45) is 0 Å². The molecule has 0 spiro atoms. The summed E-state index contributed by atoms with van der Waals surface area (Å²) in [5.74, 6) is -0.101. The minimum atomic E-state index is -2.94. The maximum Gasteiger partial charge on any atom is 0.387 e. The first kappa shape index (κ1) is 17.9. The van der Waals surface area contributed by atoms with E-state index in [0.717, 1.165) is 4.47 Å². The molecule has 2 rings (SSSR count). The summed E-state index contributed by atoms with van der Waals surface area (Å²) in [6.07, 6.45) is 2.71. The number of alkyl halides is 2. The van der Waals surface area contributed by atoms with Gasteiger partial charge in [0, 0.05) is 10.5 Å². The van der Waals surface area contributed by atoms with E-state index in [0.29, 0.717) is 11.3 Å². The van der Waals surface area contributed by atoms with Crippen LogP contribution in [0.25, 0.3) is 6.08 Å². The van der Waals surface area contributed by atoms with Gasteiger partial charge in [0.1, 0.15) is 5.75 Å². The SMILES string of the molecule is COc1cc(/C=C/C(=O)Oc2ccc(Br)cc2)ccc1OC(F)F. The van der Waals surface area contributed by atoms with Crippen LogP contribution in [0.5, 0.6) is 17.2 Å². The molecule has 0 radical (unpaired) electrons. The summed E-state index contributed by atoms with van der Waals surface area (Å²) in [6, 6.07) is 11.1. The summed E-state index contributed by atoms with van der Waals surface area (Å²) in [5, 5.41) is 0. The Bertz CT molecular complexity index is 730. The van der Waals surface area contributed by atoms with Gasteiger partial charge in [0.25, 0.3) is 0 Å². The number of benzene rings is 2. The van der Waals surface area contributed by atoms with E-state index in [4.69, 9.17) is 9.47 Å². The van der Waals surface area contributed by atoms with E-state index in [1.807, 2.05) is 0 Å². The normalized spacial score (nSPS) is 10.9. The highest BCUT2D eigenvalue weighted by Gasteiger charge is 2.10. The van der Waals surface area contributed by atoms with Crippen molar-refractivity contribution in [2.45, 2.75) is 6.61 Å². The van der Waals surface area contributed by atoms with Crippen LogP contribution in [-0.4, -0.2) is 19.7 Å². The third kappa shape index (κ3) is 5.34. The first-order valence-electron chi connectivity index (χ1n) is 6.76. The van der Waals surface area contributed by atoms with Crippen molar-refractivity contribution in [3.8, 4) is 17.2 Å². The fourth-order valence-electron chi connectivity index (χ4n) is 1.80. The maximum absolute atomic E-state index is 12.3. The number of carbonyl (C=O) groups is 1. The van der Waals surface area contributed by atoms with Gasteiger partial charge in [0.15, 0.2) is 11.5 Å². The molecule has 0 bridgehead atoms. The molecule has 0 aromatic heterocycles. The van der Waals surface area contributed by atoms with Gasteiger partial charge in [0.2, 0.25) is 0 Å². The van der Waals surface area contributed by atoms with E-state index < -0.39 is 12.6 Å². The Kier molecular flexibility index (Phi) is 6.31. The Hall–Kier alpha value is -2.41. The van der Waals surface area contributed by atoms with Crippen molar-refractivity contribution >= 4 is 28.0 Å². The second-order valence-corrected chi connectivity index (χ2v) is 5.41. The zero-order valence-electron chi connectivity index (χ0n) is 12.5. The topological polar surface area (TPSA) is 44.8 Å². The Balaban J connectivity index is 2.05. The van der Waals surface area contributed by atoms with Crippen LogP contribution in [0.2, 0.25) is 0 Å². The molecule has 0 saturated heterocycles. The van der Waals surface area contributed by atoms with Crippen LogP contribution in [0.1, 0.15) is 5.56 Å². The van der Waals surface area contributed by atoms with Gasteiger partial charge in [-0.1, -0.05) is 22.0 Å². The van der Waals surface area contributed by atoms with Gasteiger partial charge < -0.3 is 14.2 Å². The molecule has 0 heterocycles. The zero-order valence-corrected chi connectivity index (χ0v) is 14.1. The summed E-state index contributed by atoms with van der Waals surface area (Å²) in [6.45, 7) is -2.94. The Morgan fingerprint density at radius 2 is 1.83 bits per heavy atom. The number of hydrogen-bond acceptors (Lipinski definition) is 4. The summed E-state index contributed by atoms with van der Waals surface area (Å²) in [5.41, 5.74) is 0.571. The van der Waals surface area contributed by atoms with Gasteiger partial charge in [-0.2, -0.15) is 8.78 Å². The number of methoxy groups -OCH3 is 1. The van der Waals surface area contributed by atoms with Crippen LogP contribution in [0, 0.1) is 0 Å². The highest BCUT2D eigenvalue weighted by Crippen LogP contribution is 2.29. The van der Waals surface area contributed by atoms with E-state index in [1.165, 1.54) is 37.5 Å². The molecule has 126 valence electrons. The van der Waals surface area contributed by atoms with Gasteiger partial charge in [-0.05, 0) is 48.0 Å². The number of rotatable bonds is 6. The maximum atomic E-state index is 12.3. The minimum Gasteiger partial charge on any atom is -0.493 e. The van der Waals surface area contributed by atoms with Gasteiger partial charge >= 0.3 is 12.6 Å². The molecule has 24 heavy (non-hydrogen) atoms. The number of halogens is 3. The Morgan fingerprint density at radius 3 is 2.46 bits per heavy atom. The molecule has 0 N–H and O–H groups in total. The van der Waals surface area contributed by atoms with Gasteiger partial charge in [-0.3, -0.25) is 0 Å². The highest BCUT2D eigenvalue weighted by molar-refractivity contribution is 9.10. The Morgan fingerprint density at radius 1 is 1.12 bits per heavy atom. The fourth-order valence-corrected chi connectivity index (χ4v) is 2.06. The lowest BCUT2D eigenvalue weighted by Gasteiger charge is -2.10. The van der Waals surface area contributed by atoms with Crippen molar-refractivity contribution < 1.29 is 27.8 Å². The monoisotopic (exact) mass is 398 g/mol. The third-order valence-corrected chi connectivity index (χ3v) is 3.38. The first-order chi connectivity index (χ1) is 11.5. The molecular formula is C17H13BrF2O4. The number of hydrogen-bond donors (Lipinski definition) is 0. The van der Waals surface area contributed by atoms with Crippen LogP contribution in [0.15, 0.2) is 53.0 Å². The van der Waals surface area contributed by atoms with E-state index in [2.05, 4.69) is 20.7 Å². The number of ether oxygens (including phenoxy) is 3. The molecule has 7 heteroatoms. The summed E-state index contributed by atoms with van der Waals surface area (Å²) < 4.78 is 39.8. The van der Waals surface area contributed by atoms with Gasteiger partial charge in [-0.15, -0.1) is 0 Å². The lowest BCUT2D eigenvalue weighted by molar-refractivity contribution is -0.128. The van der Waals surface area contributed by atoms with Crippen LogP contribution in [0.4, 0.5) is 8.78 Å². The molecule has 0 aliphatic heterocycles. The molecule has 0 aliphatic carbocycles. The first-order valence-corrected chi connectivity index (χ1v) is 7.55. The third-order valence-electron chi connectivity index (χ3n) is 2.85. The molecule has 0 atom stereocenters. The second kappa shape index (κ2) is 8.44. The average molecular weight is 399 g/mol. The lowest BCUT2D eigenvalue weighted by atomic mass is 10.2. The molecule has 2 aromatic carbocycles. The highest BCUT2D eigenvalue weighted by atomic mass is 79.9. The largest absolute Gasteiger partial charge is 0.493 e. The van der Waals surface area contributed by atoms with Crippen LogP contribution in [-0.2, 0) is 4.79 Å². The van der Waals surface area contributed by atoms with Crippen LogP contribution in [0.3, 0.4) is 0 Å². The van der Waals surface area contributed by atoms with Crippen molar-refractivity contribution in [2.75, 3.05) is 7.11 Å². The smallest absolute Gasteiger partial charge is 0.387 e. The van der Waals surface area contributed by atoms with Gasteiger partial charge in [0.05, 0.1) is 7.11 Å². The average Bonchev–Trinajstić information content (AvgIpc) is 2.55. The van der Waals surface area contributed by atoms with Crippen molar-refractivity contribution in [3.63, 3.8) is 0 Å². The fraction of sp³-hybridized carbons (Fsp3) is 0.118. The van der Waals surface area contributed by atoms with Crippen LogP contribution >= 0.6 is 15.9 Å². The predicted octanol–water partition coefficient (Wildman–Crippen LogP) is 4.68. The lowest BCUT2D eigenvalue weighted by Crippen LogP contribution is -2.04. The van der Waals surface area contributed by atoms with E-state index in [1.54, 1.807) is 24.3 Å². The number of carbonyl (C=O) groups excluding carboxylic acids is 1. The molecule has 0 fully saturated rings. The molecule has 2 aromatic rings. The molecule has 0 amide bonds. The van der Waals surface area contributed by atoms with Crippen LogP contribution < -0.4 is 14.2 Å². The van der Waals surface area contributed by atoms with E-state index in [9.17, 15) is 13.6 Å². The van der Waals surface area contributed by atoms with E-state index in [-0.39, 0.29) is 11.5 Å². The Labute approximate surface area is 145 Å². The van der Waals surface area contributed by atoms with E-state index >= 15 is 0 Å². The molecule has 0 saturated carbocycles. The summed E-state index contributed by atoms with van der Waals surface area (Å²) in [7, 11) is 1.34. The summed E-state index contributed by atoms with van der Waals surface area (Å²) >= 11 is 3.28. The molecular weight excluding hydrogens is 386 g/mol. The summed E-state index contributed by atoms with van der Waals surface area (Å²) in [4.78, 5) is 11.8. The van der Waals surface area contributed by atoms with Crippen molar-refractivity contribution in [1.29, 1.82) is 0 Å².